The highest BCUT2D eigenvalue weighted by Crippen LogP contribution is 2.70. The molecule has 4 aromatic rings. The number of phenols is 1. The molecule has 1 heterocycles. The zero-order valence-corrected chi connectivity index (χ0v) is 47.9. The second-order valence-electron chi connectivity index (χ2n) is 24.1. The lowest BCUT2D eigenvalue weighted by atomic mass is 9.47. The number of ether oxygens (including phenoxy) is 4. The first-order valence-corrected chi connectivity index (χ1v) is 29.6. The molecule has 1 aliphatic heterocycles. The van der Waals surface area contributed by atoms with Gasteiger partial charge in [-0.2, -0.15) is 4.89 Å². The molecule has 14 nitrogen and oxygen atoms in total. The molecule has 1 saturated heterocycles. The van der Waals surface area contributed by atoms with Gasteiger partial charge in [-0.3, -0.25) is 14.4 Å². The van der Waals surface area contributed by atoms with Crippen molar-refractivity contribution in [3.8, 4) is 11.5 Å². The summed E-state index contributed by atoms with van der Waals surface area (Å²) in [6.07, 6.45) is 13.1. The van der Waals surface area contributed by atoms with Crippen LogP contribution in [0.5, 0.6) is 11.5 Å². The molecule has 13 rings (SSSR count). The van der Waals surface area contributed by atoms with Gasteiger partial charge in [-0.15, -0.1) is 0 Å². The number of urea groups is 1. The van der Waals surface area contributed by atoms with Gasteiger partial charge in [0.2, 0.25) is 5.91 Å². The summed E-state index contributed by atoms with van der Waals surface area (Å²) >= 11 is 13.4. The van der Waals surface area contributed by atoms with Crippen LogP contribution in [0, 0.1) is 59.2 Å². The van der Waals surface area contributed by atoms with Crippen LogP contribution in [-0.2, 0) is 63.8 Å². The summed E-state index contributed by atoms with van der Waals surface area (Å²) in [5, 5.41) is 16.2. The summed E-state index contributed by atoms with van der Waals surface area (Å²) in [6, 6.07) is 26.4. The lowest BCUT2D eigenvalue weighted by Gasteiger charge is -2.68. The molecule has 9 fully saturated rings. The summed E-state index contributed by atoms with van der Waals surface area (Å²) in [6.45, 7) is 4.28. The summed E-state index contributed by atoms with van der Waals surface area (Å²) in [5.41, 5.74) is 10.2. The van der Waals surface area contributed by atoms with Crippen molar-refractivity contribution in [2.75, 3.05) is 20.8 Å². The van der Waals surface area contributed by atoms with E-state index in [4.69, 9.17) is 57.7 Å². The van der Waals surface area contributed by atoms with Gasteiger partial charge < -0.3 is 40.4 Å². The molecule has 3 atom stereocenters. The van der Waals surface area contributed by atoms with Crippen LogP contribution in [0.4, 0.5) is 4.79 Å². The van der Waals surface area contributed by atoms with Crippen LogP contribution >= 0.6 is 23.2 Å². The monoisotopic (exact) mass is 1130 g/mol. The number of esters is 1. The fourth-order valence-corrected chi connectivity index (χ4v) is 15.8. The molecule has 8 saturated carbocycles. The van der Waals surface area contributed by atoms with E-state index in [2.05, 4.69) is 10.6 Å². The molecule has 4 aromatic carbocycles. The molecule has 0 radical (unpaired) electrons. The van der Waals surface area contributed by atoms with Crippen LogP contribution < -0.4 is 21.1 Å². The number of primary amides is 1. The molecule has 8 aliphatic carbocycles. The molecule has 1 spiro atoms. The van der Waals surface area contributed by atoms with Gasteiger partial charge in [0.15, 0.2) is 11.4 Å². The molecular formula is C64H77Cl2N3O11. The lowest BCUT2D eigenvalue weighted by Crippen LogP contribution is -2.76. The summed E-state index contributed by atoms with van der Waals surface area (Å²) in [4.78, 5) is 63.5. The summed E-state index contributed by atoms with van der Waals surface area (Å²) in [7, 11) is 3.39. The highest BCUT2D eigenvalue weighted by Gasteiger charge is 2.77. The molecular weight excluding hydrogens is 1060 g/mol. The van der Waals surface area contributed by atoms with E-state index < -0.39 is 41.3 Å². The molecule has 80 heavy (non-hydrogen) atoms. The van der Waals surface area contributed by atoms with E-state index in [-0.39, 0.29) is 56.5 Å². The average Bonchev–Trinajstić information content (AvgIpc) is 3.43. The number of ketones is 1. The van der Waals surface area contributed by atoms with Crippen LogP contribution in [0.1, 0.15) is 125 Å². The fourth-order valence-electron chi connectivity index (χ4n) is 15.3. The summed E-state index contributed by atoms with van der Waals surface area (Å²) < 4.78 is 23.7. The van der Waals surface area contributed by atoms with E-state index in [1.807, 2.05) is 98.8 Å². The van der Waals surface area contributed by atoms with Crippen molar-refractivity contribution < 1.29 is 53.0 Å². The van der Waals surface area contributed by atoms with E-state index in [0.29, 0.717) is 51.5 Å². The number of nitrogens with two attached hydrogens (primary N) is 1. The number of nitrogens with one attached hydrogen (secondary N) is 2. The van der Waals surface area contributed by atoms with Crippen molar-refractivity contribution in [2.45, 2.75) is 134 Å². The Labute approximate surface area is 480 Å². The topological polar surface area (TPSA) is 194 Å². The number of amides is 3. The molecule has 0 aromatic heterocycles. The Balaban J connectivity index is 0.000000283. The Morgan fingerprint density at radius 1 is 0.725 bits per heavy atom. The van der Waals surface area contributed by atoms with Crippen molar-refractivity contribution >= 4 is 52.7 Å². The molecule has 8 bridgehead atoms. The number of aromatic hydroxyl groups is 1. The Morgan fingerprint density at radius 2 is 1.34 bits per heavy atom. The number of hydrogen-bond acceptors (Lipinski definition) is 11. The molecule has 16 heteroatoms. The second kappa shape index (κ2) is 24.8. The Morgan fingerprint density at radius 3 is 1.93 bits per heavy atom. The molecule has 3 amide bonds. The Bertz CT molecular complexity index is 2850. The normalized spacial score (nSPS) is 28.1. The molecule has 9 aliphatic rings. The van der Waals surface area contributed by atoms with Gasteiger partial charge in [0, 0.05) is 31.2 Å². The van der Waals surface area contributed by atoms with Gasteiger partial charge in [-0.05, 0) is 171 Å². The maximum atomic E-state index is 13.8. The molecule has 5 N–H and O–H groups in total. The number of carbonyl (C=O) groups excluding carboxylic acids is 4. The smallest absolute Gasteiger partial charge is 0.312 e. The number of rotatable bonds is 21. The van der Waals surface area contributed by atoms with Crippen molar-refractivity contribution in [1.29, 1.82) is 0 Å². The number of Topliss-reactive ketones (excluding diaryl/α,β-unsaturated/α-hetero) is 1. The minimum absolute atomic E-state index is 0.0566. The van der Waals surface area contributed by atoms with Crippen LogP contribution in [0.25, 0.3) is 5.76 Å². The third-order valence-corrected chi connectivity index (χ3v) is 19.5. The van der Waals surface area contributed by atoms with E-state index in [1.54, 1.807) is 20.3 Å². The third-order valence-electron chi connectivity index (χ3n) is 18.7. The first-order valence-electron chi connectivity index (χ1n) is 28.8. The van der Waals surface area contributed by atoms with Gasteiger partial charge in [-0.1, -0.05) is 110 Å². The van der Waals surface area contributed by atoms with Gasteiger partial charge >= 0.3 is 12.0 Å². The first kappa shape index (κ1) is 57.6. The minimum Gasteiger partial charge on any atom is -0.506 e. The summed E-state index contributed by atoms with van der Waals surface area (Å²) in [5.74, 6) is 3.79. The highest BCUT2D eigenvalue weighted by atomic mass is 35.5. The van der Waals surface area contributed by atoms with Crippen LogP contribution in [-0.4, -0.2) is 61.2 Å². The SMILES string of the molecule is COC(=C1C2CC3CC(C2)CC1C3)c1cccc(O)c1Cl.COC1(c2cccc(OCc3ccc(CC(=O)C(CCCNC(N)=O)NC(=O)C(CC(=O)OCc4ccccc4)C(C)C)cc3)c2Cl)OOC12C1CC3CC(C1)CC2C3. The first-order chi connectivity index (χ1) is 38.6. The zero-order valence-electron chi connectivity index (χ0n) is 46.4. The van der Waals surface area contributed by atoms with Crippen LogP contribution in [0.15, 0.2) is 96.6 Å². The van der Waals surface area contributed by atoms with Gasteiger partial charge in [-0.25, -0.2) is 9.68 Å². The van der Waals surface area contributed by atoms with Crippen molar-refractivity contribution in [1.82, 2.24) is 10.6 Å². The van der Waals surface area contributed by atoms with E-state index in [1.165, 1.54) is 44.1 Å². The standard InChI is InChI=1S/C46H56ClN3O9.C18H21ClO2/c1-28(2)36(25-41(52)57-27-30-9-5-4-6-10-30)43(53)50-38(12-8-18-49-44(48)54)39(51)24-29-14-16-31(17-15-29)26-56-40-13-7-11-37(42(40)47)46(55-3)45(58-59-46)34-20-32-19-33(22-34)23-35(45)21-32;1-21-18(14-3-2-4-15(20)17(14)19)16-12-6-10-5-11(8-12)9-13(16)7-10/h4-7,9-11,13-17,28,32-36,38H,8,12,18-27H2,1-3H3,(H,50,53)(H3,48,49,54);2-4,10-13,20H,5-9H2,1H3. The average molecular weight is 1140 g/mol. The molecule has 3 unspecified atom stereocenters. The van der Waals surface area contributed by atoms with Crippen molar-refractivity contribution in [3.05, 3.63) is 134 Å². The van der Waals surface area contributed by atoms with Gasteiger partial charge in [0.25, 0.3) is 5.79 Å². The number of allylic oxidation sites excluding steroid dienone is 1. The predicted molar refractivity (Wildman–Crippen MR) is 304 cm³/mol. The lowest BCUT2D eigenvalue weighted by molar-refractivity contribution is -0.645. The number of halogens is 2. The zero-order chi connectivity index (χ0) is 56.3. The van der Waals surface area contributed by atoms with Gasteiger partial charge in [0.1, 0.15) is 30.5 Å². The quantitative estimate of drug-likeness (QED) is 0.0268. The number of phenolic OH excluding ortho intramolecular Hbond substituents is 1. The van der Waals surface area contributed by atoms with E-state index in [0.717, 1.165) is 77.4 Å². The van der Waals surface area contributed by atoms with Crippen molar-refractivity contribution in [2.24, 2.45) is 64.9 Å². The third kappa shape index (κ3) is 11.8. The highest BCUT2D eigenvalue weighted by molar-refractivity contribution is 6.33. The van der Waals surface area contributed by atoms with Gasteiger partial charge in [0.05, 0.1) is 35.5 Å². The van der Waals surface area contributed by atoms with E-state index >= 15 is 0 Å². The number of methoxy groups -OCH3 is 2. The van der Waals surface area contributed by atoms with Crippen LogP contribution in [0.3, 0.4) is 0 Å². The van der Waals surface area contributed by atoms with Crippen LogP contribution in [0.2, 0.25) is 10.0 Å². The maximum absolute atomic E-state index is 13.8. The molecule has 428 valence electrons. The minimum atomic E-state index is -1.11. The fraction of sp³-hybridized carbons (Fsp3) is 0.531. The van der Waals surface area contributed by atoms with Crippen molar-refractivity contribution in [3.63, 3.8) is 0 Å². The number of hydrogen-bond donors (Lipinski definition) is 4. The Kier molecular flexibility index (Phi) is 17.9. The predicted octanol–water partition coefficient (Wildman–Crippen LogP) is 12.2. The van der Waals surface area contributed by atoms with E-state index in [9.17, 15) is 24.3 Å². The Hall–Kier alpha value is -5.64. The number of carbonyl (C=O) groups is 4. The second-order valence-corrected chi connectivity index (χ2v) is 24.8. The maximum Gasteiger partial charge on any atom is 0.312 e. The largest absolute Gasteiger partial charge is 0.506 e. The number of benzene rings is 4.